The molecule has 4 rings (SSSR count). The third kappa shape index (κ3) is 1.81. The molecule has 0 spiro atoms. The number of nitrogens with zero attached hydrogens (tertiary/aromatic N) is 4. The minimum Gasteiger partial charge on any atom is -0.317 e. The van der Waals surface area contributed by atoms with Crippen molar-refractivity contribution in [2.45, 2.75) is 13.1 Å². The van der Waals surface area contributed by atoms with Crippen molar-refractivity contribution >= 4 is 28.5 Å². The highest BCUT2D eigenvalue weighted by atomic mass is 32.1. The van der Waals surface area contributed by atoms with Gasteiger partial charge in [0.1, 0.15) is 23.9 Å². The van der Waals surface area contributed by atoms with Gasteiger partial charge >= 0.3 is 0 Å². The summed E-state index contributed by atoms with van der Waals surface area (Å²) in [6, 6.07) is 10.2. The van der Waals surface area contributed by atoms with Gasteiger partial charge in [-0.25, -0.2) is 9.97 Å². The van der Waals surface area contributed by atoms with Gasteiger partial charge in [-0.3, -0.25) is 4.99 Å². The molecule has 0 bridgehead atoms. The van der Waals surface area contributed by atoms with E-state index in [9.17, 15) is 0 Å². The summed E-state index contributed by atoms with van der Waals surface area (Å²) in [7, 11) is 0. The average Bonchev–Trinajstić information content (AvgIpc) is 2.85. The van der Waals surface area contributed by atoms with Gasteiger partial charge < -0.3 is 4.90 Å². The Bertz CT molecular complexity index is 795. The number of fused-ring (bicyclic) bond motifs is 3. The van der Waals surface area contributed by atoms with E-state index in [1.54, 1.807) is 12.5 Å². The molecule has 0 N–H and O–H groups in total. The molecule has 5 heteroatoms. The fourth-order valence-corrected chi connectivity index (χ4v) is 3.05. The Morgan fingerprint density at radius 2 is 2.00 bits per heavy atom. The number of rotatable bonds is 1. The maximum atomic E-state index is 5.49. The third-order valence-electron chi connectivity index (χ3n) is 3.70. The Labute approximate surface area is 127 Å². The van der Waals surface area contributed by atoms with Gasteiger partial charge in [0, 0.05) is 17.4 Å². The molecule has 0 radical (unpaired) electrons. The van der Waals surface area contributed by atoms with Crippen molar-refractivity contribution in [3.8, 4) is 0 Å². The molecular formula is C16H12N4S. The van der Waals surface area contributed by atoms with Gasteiger partial charge in [0.15, 0.2) is 0 Å². The SMILES string of the molecule is CC1N=C2C(=CC(=S)c3cncnc32)N1c1ccccc1. The summed E-state index contributed by atoms with van der Waals surface area (Å²) in [6.45, 7) is 2.07. The van der Waals surface area contributed by atoms with Crippen LogP contribution in [0.2, 0.25) is 0 Å². The van der Waals surface area contributed by atoms with E-state index in [0.29, 0.717) is 0 Å². The molecule has 4 nitrogen and oxygen atoms in total. The Balaban J connectivity index is 1.88. The maximum Gasteiger partial charge on any atom is 0.123 e. The largest absolute Gasteiger partial charge is 0.317 e. The number of para-hydroxylation sites is 1. The van der Waals surface area contributed by atoms with Crippen LogP contribution >= 0.6 is 12.2 Å². The summed E-state index contributed by atoms with van der Waals surface area (Å²) in [4.78, 5) is 16.2. The van der Waals surface area contributed by atoms with E-state index in [1.807, 2.05) is 24.3 Å². The van der Waals surface area contributed by atoms with Gasteiger partial charge in [-0.05, 0) is 25.1 Å². The van der Waals surface area contributed by atoms with Crippen LogP contribution in [-0.2, 0) is 0 Å². The van der Waals surface area contributed by atoms with E-state index in [0.717, 1.165) is 33.2 Å². The molecule has 1 aliphatic heterocycles. The monoisotopic (exact) mass is 292 g/mol. The van der Waals surface area contributed by atoms with Crippen LogP contribution < -0.4 is 4.90 Å². The summed E-state index contributed by atoms with van der Waals surface area (Å²) in [5.41, 5.74) is 4.74. The summed E-state index contributed by atoms with van der Waals surface area (Å²) in [6.07, 6.45) is 5.33. The molecule has 1 atom stereocenters. The third-order valence-corrected chi connectivity index (χ3v) is 4.03. The van der Waals surface area contributed by atoms with E-state index in [4.69, 9.17) is 17.2 Å². The standard InChI is InChI=1S/C16H12N4S/c1-10-19-16-13(20(10)11-5-3-2-4-6-11)7-14(21)12-8-17-9-18-15(12)16/h2-10H,1H3. The van der Waals surface area contributed by atoms with Crippen molar-refractivity contribution in [3.63, 3.8) is 0 Å². The first-order valence-corrected chi connectivity index (χ1v) is 7.15. The average molecular weight is 292 g/mol. The second-order valence-electron chi connectivity index (χ2n) is 4.99. The number of aromatic nitrogens is 2. The topological polar surface area (TPSA) is 41.4 Å². The van der Waals surface area contributed by atoms with Crippen LogP contribution in [0.4, 0.5) is 5.69 Å². The minimum absolute atomic E-state index is 0.0253. The molecule has 2 aliphatic rings. The van der Waals surface area contributed by atoms with Crippen molar-refractivity contribution in [2.24, 2.45) is 4.99 Å². The molecule has 2 heterocycles. The number of allylic oxidation sites excluding steroid dienone is 2. The van der Waals surface area contributed by atoms with Gasteiger partial charge in [-0.1, -0.05) is 30.4 Å². The molecule has 102 valence electrons. The Morgan fingerprint density at radius 3 is 2.81 bits per heavy atom. The van der Waals surface area contributed by atoms with E-state index in [-0.39, 0.29) is 6.17 Å². The zero-order valence-electron chi connectivity index (χ0n) is 11.4. The summed E-state index contributed by atoms with van der Waals surface area (Å²) in [5, 5.41) is 0. The molecule has 0 saturated heterocycles. The lowest BCUT2D eigenvalue weighted by Gasteiger charge is -2.26. The Hall–Kier alpha value is -2.40. The molecule has 21 heavy (non-hydrogen) atoms. The number of aliphatic imine (C=N–C) groups is 1. The van der Waals surface area contributed by atoms with Gasteiger partial charge in [0.2, 0.25) is 0 Å². The van der Waals surface area contributed by atoms with Crippen LogP contribution in [0.25, 0.3) is 0 Å². The van der Waals surface area contributed by atoms with Crippen molar-refractivity contribution in [3.05, 3.63) is 65.9 Å². The van der Waals surface area contributed by atoms with Crippen LogP contribution in [0.1, 0.15) is 18.2 Å². The van der Waals surface area contributed by atoms with Crippen molar-refractivity contribution in [1.29, 1.82) is 0 Å². The molecular weight excluding hydrogens is 280 g/mol. The normalized spacial score (nSPS) is 19.8. The summed E-state index contributed by atoms with van der Waals surface area (Å²) in [5.74, 6) is 0. The second kappa shape index (κ2) is 4.56. The lowest BCUT2D eigenvalue weighted by Crippen LogP contribution is -2.30. The predicted molar refractivity (Wildman–Crippen MR) is 86.7 cm³/mol. The van der Waals surface area contributed by atoms with Gasteiger partial charge in [0.05, 0.1) is 10.6 Å². The van der Waals surface area contributed by atoms with E-state index in [1.165, 1.54) is 0 Å². The highest BCUT2D eigenvalue weighted by Crippen LogP contribution is 2.33. The van der Waals surface area contributed by atoms with Crippen LogP contribution in [0.15, 0.2) is 59.6 Å². The molecule has 1 aromatic carbocycles. The number of anilines is 1. The van der Waals surface area contributed by atoms with Crippen LogP contribution in [0.3, 0.4) is 0 Å². The lowest BCUT2D eigenvalue weighted by atomic mass is 9.98. The molecule has 0 amide bonds. The molecule has 0 fully saturated rings. The zero-order valence-corrected chi connectivity index (χ0v) is 12.2. The van der Waals surface area contributed by atoms with E-state index in [2.05, 4.69) is 33.9 Å². The Morgan fingerprint density at radius 1 is 1.19 bits per heavy atom. The smallest absolute Gasteiger partial charge is 0.123 e. The number of hydrogen-bond donors (Lipinski definition) is 0. The molecule has 1 aliphatic carbocycles. The summed E-state index contributed by atoms with van der Waals surface area (Å²) >= 11 is 5.49. The second-order valence-corrected chi connectivity index (χ2v) is 5.43. The predicted octanol–water partition coefficient (Wildman–Crippen LogP) is 2.75. The first kappa shape index (κ1) is 12.3. The van der Waals surface area contributed by atoms with Gasteiger partial charge in [-0.15, -0.1) is 0 Å². The Kier molecular flexibility index (Phi) is 2.68. The van der Waals surface area contributed by atoms with Crippen LogP contribution in [-0.4, -0.2) is 26.7 Å². The van der Waals surface area contributed by atoms with Crippen molar-refractivity contribution < 1.29 is 0 Å². The highest BCUT2D eigenvalue weighted by Gasteiger charge is 2.35. The minimum atomic E-state index is 0.0253. The fourth-order valence-electron chi connectivity index (χ4n) is 2.79. The van der Waals surface area contributed by atoms with Crippen LogP contribution in [0.5, 0.6) is 0 Å². The van der Waals surface area contributed by atoms with E-state index < -0.39 is 0 Å². The maximum absolute atomic E-state index is 5.49. The molecule has 0 saturated carbocycles. The van der Waals surface area contributed by atoms with Crippen LogP contribution in [0, 0.1) is 0 Å². The fraction of sp³-hybridized carbons (Fsp3) is 0.125. The van der Waals surface area contributed by atoms with Gasteiger partial charge in [0.25, 0.3) is 0 Å². The first-order valence-electron chi connectivity index (χ1n) is 6.74. The first-order chi connectivity index (χ1) is 10.3. The molecule has 1 unspecified atom stereocenters. The van der Waals surface area contributed by atoms with Gasteiger partial charge in [-0.2, -0.15) is 0 Å². The summed E-state index contributed by atoms with van der Waals surface area (Å²) < 4.78 is 0. The zero-order chi connectivity index (χ0) is 14.4. The molecule has 2 aromatic rings. The number of thiocarbonyl (C=S) groups is 1. The van der Waals surface area contributed by atoms with Crippen molar-refractivity contribution in [1.82, 2.24) is 9.97 Å². The highest BCUT2D eigenvalue weighted by molar-refractivity contribution is 7.81. The number of benzene rings is 1. The van der Waals surface area contributed by atoms with E-state index >= 15 is 0 Å². The molecule has 1 aromatic heterocycles. The van der Waals surface area contributed by atoms with Crippen molar-refractivity contribution in [2.75, 3.05) is 4.90 Å². The number of hydrogen-bond acceptors (Lipinski definition) is 5. The quantitative estimate of drug-likeness (QED) is 0.758. The lowest BCUT2D eigenvalue weighted by molar-refractivity contribution is 0.771.